The molecule has 1 N–H and O–H groups in total. The second-order valence-electron chi connectivity index (χ2n) is 6.43. The van der Waals surface area contributed by atoms with Gasteiger partial charge in [-0.25, -0.2) is 0 Å². The molecule has 24 heavy (non-hydrogen) atoms. The topological polar surface area (TPSA) is 46.1 Å². The Labute approximate surface area is 146 Å². The van der Waals surface area contributed by atoms with Crippen LogP contribution in [0.2, 0.25) is 0 Å². The van der Waals surface area contributed by atoms with Gasteiger partial charge in [-0.3, -0.25) is 4.99 Å². The van der Waals surface area contributed by atoms with Gasteiger partial charge in [0.2, 0.25) is 0 Å². The Bertz CT molecular complexity index is 498. The summed E-state index contributed by atoms with van der Waals surface area (Å²) in [5, 5.41) is 3.37. The second kappa shape index (κ2) is 10.2. The smallest absolute Gasteiger partial charge is 0.193 e. The van der Waals surface area contributed by atoms with Crippen molar-refractivity contribution < 1.29 is 9.47 Å². The number of benzene rings is 1. The maximum Gasteiger partial charge on any atom is 0.193 e. The van der Waals surface area contributed by atoms with Gasteiger partial charge in [-0.2, -0.15) is 0 Å². The first kappa shape index (κ1) is 18.6. The third kappa shape index (κ3) is 7.21. The van der Waals surface area contributed by atoms with Crippen LogP contribution < -0.4 is 10.1 Å². The summed E-state index contributed by atoms with van der Waals surface area (Å²) in [6, 6.07) is 8.15. The standard InChI is InChI=1S/C19H31N3O2/c1-16-5-9-18(10-6-16)24-13-4-11-21-19(20-2)22(3)12-14-23-15-17-7-8-17/h5-6,9-10,17H,4,7-8,11-15H2,1-3H3,(H,20,21). The van der Waals surface area contributed by atoms with Crippen molar-refractivity contribution in [2.24, 2.45) is 10.9 Å². The summed E-state index contributed by atoms with van der Waals surface area (Å²) in [5.41, 5.74) is 1.25. The number of hydrogen-bond acceptors (Lipinski definition) is 3. The lowest BCUT2D eigenvalue weighted by Gasteiger charge is -2.22. The Morgan fingerprint density at radius 1 is 1.25 bits per heavy atom. The number of nitrogens with zero attached hydrogens (tertiary/aromatic N) is 2. The molecule has 2 rings (SSSR count). The molecule has 0 unspecified atom stereocenters. The van der Waals surface area contributed by atoms with Crippen LogP contribution >= 0.6 is 0 Å². The SMILES string of the molecule is CN=C(NCCCOc1ccc(C)cc1)N(C)CCOCC1CC1. The molecule has 0 heterocycles. The zero-order chi connectivity index (χ0) is 17.2. The van der Waals surface area contributed by atoms with Gasteiger partial charge in [-0.05, 0) is 44.2 Å². The van der Waals surface area contributed by atoms with Gasteiger partial charge >= 0.3 is 0 Å². The van der Waals surface area contributed by atoms with Crippen LogP contribution in [0.5, 0.6) is 5.75 Å². The molecule has 5 heteroatoms. The average molecular weight is 333 g/mol. The fraction of sp³-hybridized carbons (Fsp3) is 0.632. The number of ether oxygens (including phenoxy) is 2. The van der Waals surface area contributed by atoms with E-state index < -0.39 is 0 Å². The van der Waals surface area contributed by atoms with Crippen molar-refractivity contribution >= 4 is 5.96 Å². The van der Waals surface area contributed by atoms with E-state index >= 15 is 0 Å². The number of aliphatic imine (C=N–C) groups is 1. The van der Waals surface area contributed by atoms with E-state index in [-0.39, 0.29) is 0 Å². The predicted molar refractivity (Wildman–Crippen MR) is 98.8 cm³/mol. The summed E-state index contributed by atoms with van der Waals surface area (Å²) < 4.78 is 11.4. The van der Waals surface area contributed by atoms with Crippen molar-refractivity contribution in [1.29, 1.82) is 0 Å². The van der Waals surface area contributed by atoms with Crippen LogP contribution in [0.1, 0.15) is 24.8 Å². The van der Waals surface area contributed by atoms with E-state index in [0.29, 0.717) is 6.61 Å². The van der Waals surface area contributed by atoms with Crippen LogP contribution in [-0.4, -0.2) is 57.9 Å². The zero-order valence-electron chi connectivity index (χ0n) is 15.3. The van der Waals surface area contributed by atoms with Crippen LogP contribution in [0.15, 0.2) is 29.3 Å². The van der Waals surface area contributed by atoms with Crippen LogP contribution in [0, 0.1) is 12.8 Å². The molecule has 0 bridgehead atoms. The van der Waals surface area contributed by atoms with Crippen LogP contribution in [-0.2, 0) is 4.74 Å². The van der Waals surface area contributed by atoms with E-state index in [9.17, 15) is 0 Å². The third-order valence-corrected chi connectivity index (χ3v) is 4.09. The largest absolute Gasteiger partial charge is 0.494 e. The molecule has 0 radical (unpaired) electrons. The summed E-state index contributed by atoms with van der Waals surface area (Å²) in [6.45, 7) is 6.13. The maximum atomic E-state index is 5.73. The van der Waals surface area contributed by atoms with E-state index in [1.54, 1.807) is 0 Å². The van der Waals surface area contributed by atoms with Gasteiger partial charge in [0.25, 0.3) is 0 Å². The van der Waals surface area contributed by atoms with Gasteiger partial charge in [-0.15, -0.1) is 0 Å². The Morgan fingerprint density at radius 2 is 2.00 bits per heavy atom. The van der Waals surface area contributed by atoms with Crippen LogP contribution in [0.3, 0.4) is 0 Å². The molecule has 1 aromatic carbocycles. The molecule has 1 saturated carbocycles. The highest BCUT2D eigenvalue weighted by Crippen LogP contribution is 2.28. The maximum absolute atomic E-state index is 5.73. The number of likely N-dealkylation sites (N-methyl/N-ethyl adjacent to an activating group) is 1. The lowest BCUT2D eigenvalue weighted by atomic mass is 10.2. The molecule has 0 atom stereocenters. The molecule has 0 spiro atoms. The van der Waals surface area contributed by atoms with Crippen LogP contribution in [0.4, 0.5) is 0 Å². The number of guanidine groups is 1. The highest BCUT2D eigenvalue weighted by molar-refractivity contribution is 5.79. The third-order valence-electron chi connectivity index (χ3n) is 4.09. The molecular formula is C19H31N3O2. The first-order chi connectivity index (χ1) is 11.7. The van der Waals surface area contributed by atoms with Gasteiger partial charge in [0, 0.05) is 33.8 Å². The molecule has 1 aliphatic rings. The van der Waals surface area contributed by atoms with E-state index in [1.807, 2.05) is 26.2 Å². The van der Waals surface area contributed by atoms with E-state index in [2.05, 4.69) is 34.3 Å². The van der Waals surface area contributed by atoms with E-state index in [4.69, 9.17) is 9.47 Å². The highest BCUT2D eigenvalue weighted by Gasteiger charge is 2.21. The minimum atomic E-state index is 0.696. The fourth-order valence-electron chi connectivity index (χ4n) is 2.32. The molecule has 0 saturated heterocycles. The summed E-state index contributed by atoms with van der Waals surface area (Å²) in [6.07, 6.45) is 3.60. The van der Waals surface area contributed by atoms with Gasteiger partial charge in [0.15, 0.2) is 5.96 Å². The second-order valence-corrected chi connectivity index (χ2v) is 6.43. The Hall–Kier alpha value is -1.75. The highest BCUT2D eigenvalue weighted by atomic mass is 16.5. The number of rotatable bonds is 10. The molecule has 1 fully saturated rings. The molecule has 0 aromatic heterocycles. The number of nitrogens with one attached hydrogen (secondary N) is 1. The van der Waals surface area contributed by atoms with Crippen molar-refractivity contribution in [3.63, 3.8) is 0 Å². The predicted octanol–water partition coefficient (Wildman–Crippen LogP) is 2.70. The van der Waals surface area contributed by atoms with Crippen molar-refractivity contribution in [3.8, 4) is 5.75 Å². The van der Waals surface area contributed by atoms with E-state index in [0.717, 1.165) is 50.4 Å². The molecule has 134 valence electrons. The molecule has 5 nitrogen and oxygen atoms in total. The summed E-state index contributed by atoms with van der Waals surface area (Å²) >= 11 is 0. The van der Waals surface area contributed by atoms with Crippen molar-refractivity contribution in [2.45, 2.75) is 26.2 Å². The first-order valence-corrected chi connectivity index (χ1v) is 8.88. The summed E-state index contributed by atoms with van der Waals surface area (Å²) in [7, 11) is 3.85. The lowest BCUT2D eigenvalue weighted by Crippen LogP contribution is -2.41. The minimum absolute atomic E-state index is 0.696. The Kier molecular flexibility index (Phi) is 7.89. The Balaban J connectivity index is 1.54. The quantitative estimate of drug-likeness (QED) is 0.406. The monoisotopic (exact) mass is 333 g/mol. The molecule has 0 aliphatic heterocycles. The Morgan fingerprint density at radius 3 is 2.67 bits per heavy atom. The van der Waals surface area contributed by atoms with Crippen LogP contribution in [0.25, 0.3) is 0 Å². The fourth-order valence-corrected chi connectivity index (χ4v) is 2.32. The van der Waals surface area contributed by atoms with Gasteiger partial charge < -0.3 is 19.7 Å². The molecule has 1 aliphatic carbocycles. The number of aryl methyl sites for hydroxylation is 1. The van der Waals surface area contributed by atoms with Crippen molar-refractivity contribution in [1.82, 2.24) is 10.2 Å². The van der Waals surface area contributed by atoms with E-state index in [1.165, 1.54) is 18.4 Å². The zero-order valence-corrected chi connectivity index (χ0v) is 15.3. The van der Waals surface area contributed by atoms with Gasteiger partial charge in [0.1, 0.15) is 5.75 Å². The average Bonchev–Trinajstić information content (AvgIpc) is 3.41. The molecule has 1 aromatic rings. The van der Waals surface area contributed by atoms with Crippen molar-refractivity contribution in [2.75, 3.05) is 47.0 Å². The number of hydrogen-bond donors (Lipinski definition) is 1. The summed E-state index contributed by atoms with van der Waals surface area (Å²) in [5.74, 6) is 2.65. The first-order valence-electron chi connectivity index (χ1n) is 8.88. The lowest BCUT2D eigenvalue weighted by molar-refractivity contribution is 0.115. The molecule has 0 amide bonds. The molecular weight excluding hydrogens is 302 g/mol. The van der Waals surface area contributed by atoms with Gasteiger partial charge in [0.05, 0.1) is 13.2 Å². The van der Waals surface area contributed by atoms with Crippen molar-refractivity contribution in [3.05, 3.63) is 29.8 Å². The summed E-state index contributed by atoms with van der Waals surface area (Å²) in [4.78, 5) is 6.42. The normalized spacial score (nSPS) is 14.5. The van der Waals surface area contributed by atoms with Gasteiger partial charge in [-0.1, -0.05) is 17.7 Å². The minimum Gasteiger partial charge on any atom is -0.494 e.